The van der Waals surface area contributed by atoms with Gasteiger partial charge in [0.25, 0.3) is 5.91 Å². The standard InChI is InChI=1S/C19H19NO6/c1-23-13-7-9-14(10-8-13)25-12-18(21)20-11-17(19(22)24-2)26-16-6-4-3-5-15(16)20/h3-10,17H,11-12H2,1-2H3. The molecule has 0 saturated carbocycles. The smallest absolute Gasteiger partial charge is 0.348 e. The van der Waals surface area contributed by atoms with Crippen molar-refractivity contribution in [2.75, 3.05) is 32.3 Å². The Hall–Kier alpha value is -3.22. The summed E-state index contributed by atoms with van der Waals surface area (Å²) >= 11 is 0. The van der Waals surface area contributed by atoms with E-state index < -0.39 is 12.1 Å². The van der Waals surface area contributed by atoms with Crippen LogP contribution in [0.15, 0.2) is 48.5 Å². The lowest BCUT2D eigenvalue weighted by Gasteiger charge is -2.33. The molecule has 3 rings (SSSR count). The summed E-state index contributed by atoms with van der Waals surface area (Å²) in [6, 6.07) is 14.0. The van der Waals surface area contributed by atoms with Crippen LogP contribution in [0.2, 0.25) is 0 Å². The van der Waals surface area contributed by atoms with Crippen LogP contribution in [0.5, 0.6) is 17.2 Å². The number of hydrogen-bond donors (Lipinski definition) is 0. The van der Waals surface area contributed by atoms with Gasteiger partial charge in [-0.05, 0) is 36.4 Å². The van der Waals surface area contributed by atoms with Gasteiger partial charge < -0.3 is 23.8 Å². The topological polar surface area (TPSA) is 74.3 Å². The number of carbonyl (C=O) groups is 2. The summed E-state index contributed by atoms with van der Waals surface area (Å²) in [5, 5.41) is 0. The summed E-state index contributed by atoms with van der Waals surface area (Å²) in [5.74, 6) is 0.878. The van der Waals surface area contributed by atoms with Gasteiger partial charge >= 0.3 is 5.97 Å². The van der Waals surface area contributed by atoms with Crippen LogP contribution in [-0.2, 0) is 14.3 Å². The highest BCUT2D eigenvalue weighted by Gasteiger charge is 2.34. The van der Waals surface area contributed by atoms with E-state index in [1.807, 2.05) is 0 Å². The van der Waals surface area contributed by atoms with Crippen molar-refractivity contribution in [1.82, 2.24) is 0 Å². The molecular formula is C19H19NO6. The second kappa shape index (κ2) is 7.77. The van der Waals surface area contributed by atoms with Gasteiger partial charge in [-0.1, -0.05) is 12.1 Å². The number of rotatable bonds is 5. The van der Waals surface area contributed by atoms with Gasteiger partial charge in [0.2, 0.25) is 6.10 Å². The van der Waals surface area contributed by atoms with Gasteiger partial charge in [-0.25, -0.2) is 4.79 Å². The molecule has 0 saturated heterocycles. The van der Waals surface area contributed by atoms with E-state index in [9.17, 15) is 9.59 Å². The fraction of sp³-hybridized carbons (Fsp3) is 0.263. The summed E-state index contributed by atoms with van der Waals surface area (Å²) in [6.45, 7) is -0.108. The Kier molecular flexibility index (Phi) is 5.26. The molecule has 7 heteroatoms. The van der Waals surface area contributed by atoms with Gasteiger partial charge in [0.1, 0.15) is 17.2 Å². The highest BCUT2D eigenvalue weighted by Crippen LogP contribution is 2.33. The fourth-order valence-corrected chi connectivity index (χ4v) is 2.62. The van der Waals surface area contributed by atoms with E-state index in [1.165, 1.54) is 12.0 Å². The maximum atomic E-state index is 12.7. The summed E-state index contributed by atoms with van der Waals surface area (Å²) in [4.78, 5) is 26.0. The lowest BCUT2D eigenvalue weighted by Crippen LogP contribution is -2.48. The van der Waals surface area contributed by atoms with Crippen LogP contribution in [-0.4, -0.2) is 45.4 Å². The first-order chi connectivity index (χ1) is 12.6. The number of esters is 1. The maximum absolute atomic E-state index is 12.7. The molecule has 0 aliphatic carbocycles. The third-order valence-corrected chi connectivity index (χ3v) is 3.96. The largest absolute Gasteiger partial charge is 0.497 e. The molecule has 0 aromatic heterocycles. The normalized spacial score (nSPS) is 15.5. The Morgan fingerprint density at radius 2 is 1.77 bits per heavy atom. The molecule has 2 aromatic carbocycles. The highest BCUT2D eigenvalue weighted by molar-refractivity contribution is 5.97. The Bertz CT molecular complexity index is 789. The maximum Gasteiger partial charge on any atom is 0.348 e. The first-order valence-corrected chi connectivity index (χ1v) is 8.03. The lowest BCUT2D eigenvalue weighted by atomic mass is 10.2. The number of anilines is 1. The van der Waals surface area contributed by atoms with Gasteiger partial charge in [-0.2, -0.15) is 0 Å². The Morgan fingerprint density at radius 1 is 1.08 bits per heavy atom. The van der Waals surface area contributed by atoms with Crippen molar-refractivity contribution in [3.05, 3.63) is 48.5 Å². The molecule has 7 nitrogen and oxygen atoms in total. The molecule has 0 N–H and O–H groups in total. The number of methoxy groups -OCH3 is 2. The SMILES string of the molecule is COC(=O)C1CN(C(=O)COc2ccc(OC)cc2)c2ccccc2O1. The van der Waals surface area contributed by atoms with E-state index in [-0.39, 0.29) is 19.1 Å². The number of hydrogen-bond acceptors (Lipinski definition) is 6. The molecule has 1 unspecified atom stereocenters. The highest BCUT2D eigenvalue weighted by atomic mass is 16.6. The molecule has 1 amide bonds. The number of fused-ring (bicyclic) bond motifs is 1. The van der Waals surface area contributed by atoms with Crippen molar-refractivity contribution >= 4 is 17.6 Å². The van der Waals surface area contributed by atoms with Crippen LogP contribution >= 0.6 is 0 Å². The predicted molar refractivity (Wildman–Crippen MR) is 93.7 cm³/mol. The number of nitrogens with zero attached hydrogens (tertiary/aromatic N) is 1. The second-order valence-corrected chi connectivity index (χ2v) is 5.57. The van der Waals surface area contributed by atoms with Crippen LogP contribution in [0.25, 0.3) is 0 Å². The van der Waals surface area contributed by atoms with Crippen LogP contribution in [0.4, 0.5) is 5.69 Å². The zero-order valence-electron chi connectivity index (χ0n) is 14.5. The van der Waals surface area contributed by atoms with Gasteiger partial charge in [-0.15, -0.1) is 0 Å². The van der Waals surface area contributed by atoms with Crippen LogP contribution in [0.3, 0.4) is 0 Å². The fourth-order valence-electron chi connectivity index (χ4n) is 2.62. The molecular weight excluding hydrogens is 338 g/mol. The third kappa shape index (κ3) is 3.72. The minimum atomic E-state index is -0.875. The first kappa shape index (κ1) is 17.6. The van der Waals surface area contributed by atoms with Crippen molar-refractivity contribution in [1.29, 1.82) is 0 Å². The van der Waals surface area contributed by atoms with Crippen molar-refractivity contribution < 1.29 is 28.5 Å². The Morgan fingerprint density at radius 3 is 2.46 bits per heavy atom. The number of carbonyl (C=O) groups excluding carboxylic acids is 2. The number of ether oxygens (including phenoxy) is 4. The molecule has 2 aromatic rings. The van der Waals surface area contributed by atoms with E-state index in [0.29, 0.717) is 22.9 Å². The van der Waals surface area contributed by atoms with Gasteiger partial charge in [0.05, 0.1) is 26.5 Å². The monoisotopic (exact) mass is 357 g/mol. The van der Waals surface area contributed by atoms with Gasteiger partial charge in [0.15, 0.2) is 6.61 Å². The Balaban J connectivity index is 1.73. The third-order valence-electron chi connectivity index (χ3n) is 3.96. The zero-order chi connectivity index (χ0) is 18.5. The average molecular weight is 357 g/mol. The van der Waals surface area contributed by atoms with Crippen molar-refractivity contribution in [3.8, 4) is 17.2 Å². The molecule has 1 atom stereocenters. The van der Waals surface area contributed by atoms with Crippen LogP contribution in [0.1, 0.15) is 0 Å². The van der Waals surface area contributed by atoms with E-state index in [0.717, 1.165) is 0 Å². The van der Waals surface area contributed by atoms with E-state index in [4.69, 9.17) is 18.9 Å². The molecule has 0 radical (unpaired) electrons. The minimum absolute atomic E-state index is 0.0640. The van der Waals surface area contributed by atoms with Gasteiger partial charge in [0, 0.05) is 0 Å². The minimum Gasteiger partial charge on any atom is -0.497 e. The average Bonchev–Trinajstić information content (AvgIpc) is 2.70. The van der Waals surface area contributed by atoms with Gasteiger partial charge in [-0.3, -0.25) is 4.79 Å². The van der Waals surface area contributed by atoms with Crippen molar-refractivity contribution in [2.45, 2.75) is 6.10 Å². The molecule has 0 spiro atoms. The quantitative estimate of drug-likeness (QED) is 0.763. The summed E-state index contributed by atoms with van der Waals surface area (Å²) in [6.07, 6.45) is -0.875. The summed E-state index contributed by atoms with van der Waals surface area (Å²) in [5.41, 5.74) is 0.594. The van der Waals surface area contributed by atoms with E-state index in [2.05, 4.69) is 0 Å². The van der Waals surface area contributed by atoms with E-state index in [1.54, 1.807) is 55.6 Å². The molecule has 26 heavy (non-hydrogen) atoms. The van der Waals surface area contributed by atoms with Crippen LogP contribution < -0.4 is 19.1 Å². The first-order valence-electron chi connectivity index (χ1n) is 8.03. The molecule has 0 bridgehead atoms. The second-order valence-electron chi connectivity index (χ2n) is 5.57. The molecule has 1 aliphatic heterocycles. The number of amides is 1. The Labute approximate surface area is 151 Å². The zero-order valence-corrected chi connectivity index (χ0v) is 14.5. The van der Waals surface area contributed by atoms with Crippen molar-refractivity contribution in [3.63, 3.8) is 0 Å². The van der Waals surface area contributed by atoms with Crippen LogP contribution in [0, 0.1) is 0 Å². The summed E-state index contributed by atoms with van der Waals surface area (Å²) in [7, 11) is 2.86. The van der Waals surface area contributed by atoms with E-state index >= 15 is 0 Å². The summed E-state index contributed by atoms with van der Waals surface area (Å²) < 4.78 is 21.0. The number of para-hydroxylation sites is 2. The van der Waals surface area contributed by atoms with Crippen molar-refractivity contribution in [2.24, 2.45) is 0 Å². The number of benzene rings is 2. The predicted octanol–water partition coefficient (Wildman–Crippen LogP) is 2.04. The molecule has 1 aliphatic rings. The molecule has 1 heterocycles. The molecule has 0 fully saturated rings. The lowest BCUT2D eigenvalue weighted by molar-refractivity contribution is -0.148. The molecule has 136 valence electrons.